The van der Waals surface area contributed by atoms with E-state index in [0.29, 0.717) is 10.7 Å². The van der Waals surface area contributed by atoms with Crippen molar-refractivity contribution < 1.29 is 4.79 Å². The summed E-state index contributed by atoms with van der Waals surface area (Å²) in [5, 5.41) is 13.7. The maximum absolute atomic E-state index is 12.6. The highest BCUT2D eigenvalue weighted by atomic mass is 35.5. The number of amides is 1. The standard InChI is InChI=1S/C20H15Cl2N3O/c1-12-15(14-6-3-4-9-18(14)25(12)2)10-13(11-23)20(26)24-17-8-5-7-16(21)19(17)22/h3-10H,1-2H3,(H,24,26)/b13-10+. The van der Waals surface area contributed by atoms with Crippen LogP contribution in [0.15, 0.2) is 48.0 Å². The first-order chi connectivity index (χ1) is 12.4. The highest BCUT2D eigenvalue weighted by molar-refractivity contribution is 6.44. The van der Waals surface area contributed by atoms with Gasteiger partial charge in [-0.25, -0.2) is 0 Å². The number of carbonyl (C=O) groups excluding carboxylic acids is 1. The van der Waals surface area contributed by atoms with E-state index in [9.17, 15) is 10.1 Å². The summed E-state index contributed by atoms with van der Waals surface area (Å²) in [6.45, 7) is 1.95. The number of benzene rings is 2. The summed E-state index contributed by atoms with van der Waals surface area (Å²) in [6.07, 6.45) is 1.60. The average Bonchev–Trinajstić information content (AvgIpc) is 2.88. The van der Waals surface area contributed by atoms with E-state index in [1.807, 2.05) is 48.9 Å². The third kappa shape index (κ3) is 3.20. The van der Waals surface area contributed by atoms with E-state index in [1.165, 1.54) is 0 Å². The molecule has 4 nitrogen and oxygen atoms in total. The molecule has 130 valence electrons. The quantitative estimate of drug-likeness (QED) is 0.490. The van der Waals surface area contributed by atoms with Crippen LogP contribution in [-0.4, -0.2) is 10.5 Å². The van der Waals surface area contributed by atoms with Crippen LogP contribution in [0.25, 0.3) is 17.0 Å². The second-order valence-corrected chi connectivity index (χ2v) is 6.59. The Morgan fingerprint density at radius 2 is 1.92 bits per heavy atom. The number of aryl methyl sites for hydroxylation is 1. The van der Waals surface area contributed by atoms with Crippen molar-refractivity contribution in [3.63, 3.8) is 0 Å². The lowest BCUT2D eigenvalue weighted by molar-refractivity contribution is -0.112. The Balaban J connectivity index is 2.02. The van der Waals surface area contributed by atoms with Crippen molar-refractivity contribution in [2.24, 2.45) is 7.05 Å². The normalized spacial score (nSPS) is 11.4. The van der Waals surface area contributed by atoms with Crippen LogP contribution in [0.3, 0.4) is 0 Å². The third-order valence-electron chi connectivity index (χ3n) is 4.30. The molecule has 0 radical (unpaired) electrons. The molecule has 26 heavy (non-hydrogen) atoms. The van der Waals surface area contributed by atoms with Crippen LogP contribution < -0.4 is 5.32 Å². The van der Waals surface area contributed by atoms with Gasteiger partial charge in [0.25, 0.3) is 5.91 Å². The lowest BCUT2D eigenvalue weighted by atomic mass is 10.1. The molecular weight excluding hydrogens is 369 g/mol. The lowest BCUT2D eigenvalue weighted by Gasteiger charge is -2.07. The van der Waals surface area contributed by atoms with E-state index in [2.05, 4.69) is 5.32 Å². The van der Waals surface area contributed by atoms with Crippen molar-refractivity contribution in [2.45, 2.75) is 6.92 Å². The van der Waals surface area contributed by atoms with Gasteiger partial charge in [0.1, 0.15) is 11.6 Å². The summed E-state index contributed by atoms with van der Waals surface area (Å²) >= 11 is 12.1. The predicted molar refractivity (Wildman–Crippen MR) is 106 cm³/mol. The van der Waals surface area contributed by atoms with Crippen molar-refractivity contribution in [3.8, 4) is 6.07 Å². The third-order valence-corrected chi connectivity index (χ3v) is 5.12. The topological polar surface area (TPSA) is 57.8 Å². The Labute approximate surface area is 161 Å². The molecule has 0 saturated carbocycles. The first-order valence-electron chi connectivity index (χ1n) is 7.85. The summed E-state index contributed by atoms with van der Waals surface area (Å²) in [4.78, 5) is 12.6. The molecule has 3 aromatic rings. The molecule has 1 heterocycles. The number of carbonyl (C=O) groups is 1. The highest BCUT2D eigenvalue weighted by Gasteiger charge is 2.16. The molecule has 3 rings (SSSR count). The second-order valence-electron chi connectivity index (χ2n) is 5.80. The first kappa shape index (κ1) is 18.1. The zero-order valence-electron chi connectivity index (χ0n) is 14.2. The molecule has 0 aliphatic rings. The minimum atomic E-state index is -0.538. The molecule has 1 aromatic heterocycles. The molecule has 1 N–H and O–H groups in total. The van der Waals surface area contributed by atoms with Crippen LogP contribution >= 0.6 is 23.2 Å². The Morgan fingerprint density at radius 3 is 2.65 bits per heavy atom. The fourth-order valence-corrected chi connectivity index (χ4v) is 3.16. The lowest BCUT2D eigenvalue weighted by Crippen LogP contribution is -2.13. The van der Waals surface area contributed by atoms with Crippen molar-refractivity contribution >= 4 is 51.8 Å². The van der Waals surface area contributed by atoms with Crippen molar-refractivity contribution in [1.82, 2.24) is 4.57 Å². The number of fused-ring (bicyclic) bond motifs is 1. The van der Waals surface area contributed by atoms with Crippen LogP contribution in [0, 0.1) is 18.3 Å². The molecule has 0 saturated heterocycles. The minimum absolute atomic E-state index is 0.0134. The summed E-state index contributed by atoms with van der Waals surface area (Å²) in [7, 11) is 1.95. The summed E-state index contributed by atoms with van der Waals surface area (Å²) in [5.41, 5.74) is 3.19. The van der Waals surface area contributed by atoms with Gasteiger partial charge < -0.3 is 9.88 Å². The van der Waals surface area contributed by atoms with Gasteiger partial charge in [-0.15, -0.1) is 0 Å². The van der Waals surface area contributed by atoms with Crippen LogP contribution in [-0.2, 0) is 11.8 Å². The largest absolute Gasteiger partial charge is 0.347 e. The number of hydrogen-bond donors (Lipinski definition) is 1. The second kappa shape index (κ2) is 7.25. The van der Waals surface area contributed by atoms with Crippen molar-refractivity contribution in [1.29, 1.82) is 5.26 Å². The van der Waals surface area contributed by atoms with Gasteiger partial charge in [0.05, 0.1) is 15.7 Å². The van der Waals surface area contributed by atoms with E-state index in [-0.39, 0.29) is 10.6 Å². The Kier molecular flexibility index (Phi) is 5.03. The molecule has 0 aliphatic carbocycles. The van der Waals surface area contributed by atoms with E-state index in [4.69, 9.17) is 23.2 Å². The van der Waals surface area contributed by atoms with Gasteiger partial charge in [-0.05, 0) is 31.2 Å². The van der Waals surface area contributed by atoms with E-state index >= 15 is 0 Å². The maximum Gasteiger partial charge on any atom is 0.266 e. The van der Waals surface area contributed by atoms with Gasteiger partial charge >= 0.3 is 0 Å². The van der Waals surface area contributed by atoms with Crippen molar-refractivity contribution in [2.75, 3.05) is 5.32 Å². The van der Waals surface area contributed by atoms with Crippen LogP contribution in [0.1, 0.15) is 11.3 Å². The number of nitrogens with one attached hydrogen (secondary N) is 1. The molecule has 0 bridgehead atoms. The molecule has 0 fully saturated rings. The van der Waals surface area contributed by atoms with Gasteiger partial charge in [0.15, 0.2) is 0 Å². The van der Waals surface area contributed by atoms with E-state index < -0.39 is 5.91 Å². The number of anilines is 1. The van der Waals surface area contributed by atoms with Gasteiger partial charge in [-0.2, -0.15) is 5.26 Å². The van der Waals surface area contributed by atoms with E-state index in [1.54, 1.807) is 24.3 Å². The minimum Gasteiger partial charge on any atom is -0.347 e. The highest BCUT2D eigenvalue weighted by Crippen LogP contribution is 2.30. The molecule has 0 aliphatic heterocycles. The number of nitriles is 1. The molecular formula is C20H15Cl2N3O. The molecule has 1 amide bonds. The first-order valence-corrected chi connectivity index (χ1v) is 8.60. The summed E-state index contributed by atoms with van der Waals surface area (Å²) in [6, 6.07) is 14.7. The number of halogens is 2. The number of hydrogen-bond acceptors (Lipinski definition) is 2. The zero-order chi connectivity index (χ0) is 18.8. The van der Waals surface area contributed by atoms with Crippen molar-refractivity contribution in [3.05, 3.63) is 69.3 Å². The number of para-hydroxylation sites is 1. The fraction of sp³-hybridized carbons (Fsp3) is 0.100. The van der Waals surface area contributed by atoms with Gasteiger partial charge in [0, 0.05) is 29.2 Å². The average molecular weight is 384 g/mol. The van der Waals surface area contributed by atoms with Gasteiger partial charge in [0.2, 0.25) is 0 Å². The molecule has 2 aromatic carbocycles. The van der Waals surface area contributed by atoms with Crippen LogP contribution in [0.4, 0.5) is 5.69 Å². The summed E-state index contributed by atoms with van der Waals surface area (Å²) in [5.74, 6) is -0.538. The molecule has 0 atom stereocenters. The van der Waals surface area contributed by atoms with Crippen LogP contribution in [0.5, 0.6) is 0 Å². The smallest absolute Gasteiger partial charge is 0.266 e. The summed E-state index contributed by atoms with van der Waals surface area (Å²) < 4.78 is 2.03. The Bertz CT molecular complexity index is 1090. The predicted octanol–water partition coefficient (Wildman–Crippen LogP) is 5.34. The molecule has 6 heteroatoms. The Hall–Kier alpha value is -2.74. The fourth-order valence-electron chi connectivity index (χ4n) is 2.82. The maximum atomic E-state index is 12.6. The zero-order valence-corrected chi connectivity index (χ0v) is 15.7. The molecule has 0 spiro atoms. The van der Waals surface area contributed by atoms with E-state index in [0.717, 1.165) is 22.2 Å². The monoisotopic (exact) mass is 383 g/mol. The van der Waals surface area contributed by atoms with Crippen LogP contribution in [0.2, 0.25) is 10.0 Å². The van der Waals surface area contributed by atoms with Gasteiger partial charge in [-0.3, -0.25) is 4.79 Å². The number of aromatic nitrogens is 1. The number of nitrogens with zero attached hydrogens (tertiary/aromatic N) is 2. The molecule has 0 unspecified atom stereocenters. The number of rotatable bonds is 3. The van der Waals surface area contributed by atoms with Gasteiger partial charge in [-0.1, -0.05) is 47.5 Å². The Morgan fingerprint density at radius 1 is 1.19 bits per heavy atom. The SMILES string of the molecule is Cc1c(/C=C(\C#N)C(=O)Nc2cccc(Cl)c2Cl)c2ccccc2n1C.